The van der Waals surface area contributed by atoms with Crippen LogP contribution in [0.25, 0.3) is 0 Å². The highest BCUT2D eigenvalue weighted by atomic mass is 79.9. The van der Waals surface area contributed by atoms with Crippen molar-refractivity contribution in [2.24, 2.45) is 7.05 Å². The second kappa shape index (κ2) is 5.30. The Hall–Kier alpha value is -1.69. The van der Waals surface area contributed by atoms with Gasteiger partial charge in [-0.25, -0.2) is 0 Å². The van der Waals surface area contributed by atoms with Gasteiger partial charge in [-0.3, -0.25) is 9.48 Å². The molecule has 0 saturated heterocycles. The Morgan fingerprint density at radius 2 is 2.28 bits per heavy atom. The number of carbonyl (C=O) groups excluding carboxylic acids is 1. The van der Waals surface area contributed by atoms with Gasteiger partial charge in [-0.2, -0.15) is 0 Å². The molecule has 0 unspecified atom stereocenters. The molecule has 0 spiro atoms. The Labute approximate surface area is 113 Å². The summed E-state index contributed by atoms with van der Waals surface area (Å²) in [7, 11) is 3.31. The molecule has 18 heavy (non-hydrogen) atoms. The number of ether oxygens (including phenoxy) is 1. The quantitative estimate of drug-likeness (QED) is 0.811. The smallest absolute Gasteiger partial charge is 0.172 e. The van der Waals surface area contributed by atoms with Gasteiger partial charge in [0.05, 0.1) is 24.8 Å². The summed E-state index contributed by atoms with van der Waals surface area (Å²) in [5.74, 6) is 0.512. The van der Waals surface area contributed by atoms with Crippen LogP contribution < -0.4 is 4.74 Å². The third-order valence-electron chi connectivity index (χ3n) is 2.46. The van der Waals surface area contributed by atoms with E-state index in [1.54, 1.807) is 37.2 Å². The van der Waals surface area contributed by atoms with E-state index in [0.717, 1.165) is 4.47 Å². The lowest BCUT2D eigenvalue weighted by Gasteiger charge is -2.07. The van der Waals surface area contributed by atoms with E-state index in [4.69, 9.17) is 4.74 Å². The minimum Gasteiger partial charge on any atom is -0.496 e. The van der Waals surface area contributed by atoms with Gasteiger partial charge in [0.15, 0.2) is 5.78 Å². The van der Waals surface area contributed by atoms with Gasteiger partial charge in [-0.1, -0.05) is 21.1 Å². The topological polar surface area (TPSA) is 57.0 Å². The Morgan fingerprint density at radius 3 is 2.89 bits per heavy atom. The standard InChI is InChI=1S/C12H12BrN3O2/c1-16-7-9(14-15-16)6-11(17)10-4-3-8(13)5-12(10)18-2/h3-5,7H,6H2,1-2H3. The molecule has 1 aromatic carbocycles. The molecule has 6 heteroatoms. The van der Waals surface area contributed by atoms with Crippen molar-refractivity contribution in [2.45, 2.75) is 6.42 Å². The third-order valence-corrected chi connectivity index (χ3v) is 2.95. The molecule has 0 aliphatic heterocycles. The Balaban J connectivity index is 2.23. The molecule has 2 aromatic rings. The van der Waals surface area contributed by atoms with Crippen LogP contribution in [0, 0.1) is 0 Å². The number of rotatable bonds is 4. The van der Waals surface area contributed by atoms with Gasteiger partial charge in [0.2, 0.25) is 0 Å². The molecule has 0 radical (unpaired) electrons. The fourth-order valence-corrected chi connectivity index (χ4v) is 1.97. The number of aromatic nitrogens is 3. The lowest BCUT2D eigenvalue weighted by molar-refractivity contribution is 0.0989. The number of hydrogen-bond acceptors (Lipinski definition) is 4. The van der Waals surface area contributed by atoms with Crippen LogP contribution in [0.2, 0.25) is 0 Å². The maximum absolute atomic E-state index is 12.1. The van der Waals surface area contributed by atoms with Crippen molar-refractivity contribution in [1.29, 1.82) is 0 Å². The van der Waals surface area contributed by atoms with Gasteiger partial charge < -0.3 is 4.74 Å². The molecule has 0 fully saturated rings. The van der Waals surface area contributed by atoms with Crippen molar-refractivity contribution >= 4 is 21.7 Å². The first-order valence-electron chi connectivity index (χ1n) is 5.32. The number of methoxy groups -OCH3 is 1. The lowest BCUT2D eigenvalue weighted by Crippen LogP contribution is -2.06. The predicted octanol–water partition coefficient (Wildman–Crippen LogP) is 2.01. The third kappa shape index (κ3) is 2.76. The van der Waals surface area contributed by atoms with E-state index in [1.807, 2.05) is 6.07 Å². The van der Waals surface area contributed by atoms with Crippen LogP contribution >= 0.6 is 15.9 Å². The second-order valence-electron chi connectivity index (χ2n) is 3.83. The summed E-state index contributed by atoms with van der Waals surface area (Å²) in [4.78, 5) is 12.1. The number of halogens is 1. The van der Waals surface area contributed by atoms with Gasteiger partial charge >= 0.3 is 0 Å². The van der Waals surface area contributed by atoms with Crippen molar-refractivity contribution in [1.82, 2.24) is 15.0 Å². The zero-order valence-corrected chi connectivity index (χ0v) is 11.6. The molecule has 0 atom stereocenters. The number of carbonyl (C=O) groups is 1. The van der Waals surface area contributed by atoms with Crippen LogP contribution in [0.4, 0.5) is 0 Å². The van der Waals surface area contributed by atoms with Crippen molar-refractivity contribution in [2.75, 3.05) is 7.11 Å². The van der Waals surface area contributed by atoms with E-state index in [1.165, 1.54) is 0 Å². The van der Waals surface area contributed by atoms with Crippen LogP contribution in [-0.2, 0) is 13.5 Å². The molecule has 2 rings (SSSR count). The summed E-state index contributed by atoms with van der Waals surface area (Å²) in [6.45, 7) is 0. The number of aryl methyl sites for hydroxylation is 1. The normalized spacial score (nSPS) is 10.4. The van der Waals surface area contributed by atoms with Crippen molar-refractivity contribution < 1.29 is 9.53 Å². The first kappa shape index (κ1) is 12.8. The summed E-state index contributed by atoms with van der Waals surface area (Å²) < 4.78 is 7.64. The van der Waals surface area contributed by atoms with Crippen LogP contribution in [0.5, 0.6) is 5.75 Å². The first-order valence-corrected chi connectivity index (χ1v) is 6.11. The maximum Gasteiger partial charge on any atom is 0.172 e. The lowest BCUT2D eigenvalue weighted by atomic mass is 10.1. The minimum atomic E-state index is -0.0418. The van der Waals surface area contributed by atoms with Gasteiger partial charge in [-0.05, 0) is 18.2 Å². The van der Waals surface area contributed by atoms with Crippen molar-refractivity contribution in [3.05, 3.63) is 40.1 Å². The summed E-state index contributed by atoms with van der Waals surface area (Å²) in [6.07, 6.45) is 1.94. The average molecular weight is 310 g/mol. The highest BCUT2D eigenvalue weighted by Gasteiger charge is 2.14. The van der Waals surface area contributed by atoms with E-state index in [9.17, 15) is 4.79 Å². The molecule has 0 aliphatic carbocycles. The predicted molar refractivity (Wildman–Crippen MR) is 69.7 cm³/mol. The van der Waals surface area contributed by atoms with Gasteiger partial charge in [-0.15, -0.1) is 5.10 Å². The first-order chi connectivity index (χ1) is 8.60. The van der Waals surface area contributed by atoms with Crippen LogP contribution in [0.15, 0.2) is 28.9 Å². The van der Waals surface area contributed by atoms with E-state index < -0.39 is 0 Å². The highest BCUT2D eigenvalue weighted by Crippen LogP contribution is 2.24. The average Bonchev–Trinajstić information content (AvgIpc) is 2.74. The maximum atomic E-state index is 12.1. The van der Waals surface area contributed by atoms with Gasteiger partial charge in [0.25, 0.3) is 0 Å². The van der Waals surface area contributed by atoms with E-state index in [2.05, 4.69) is 26.2 Å². The Kier molecular flexibility index (Phi) is 3.76. The van der Waals surface area contributed by atoms with Crippen molar-refractivity contribution in [3.63, 3.8) is 0 Å². The van der Waals surface area contributed by atoms with Crippen LogP contribution in [0.1, 0.15) is 16.1 Å². The fourth-order valence-electron chi connectivity index (χ4n) is 1.63. The molecule has 5 nitrogen and oxygen atoms in total. The molecular weight excluding hydrogens is 298 g/mol. The molecule has 1 heterocycles. The van der Waals surface area contributed by atoms with E-state index >= 15 is 0 Å². The molecule has 0 amide bonds. The number of benzene rings is 1. The molecule has 0 saturated carbocycles. The highest BCUT2D eigenvalue weighted by molar-refractivity contribution is 9.10. The summed E-state index contributed by atoms with van der Waals surface area (Å²) >= 11 is 3.34. The molecule has 1 aromatic heterocycles. The number of hydrogen-bond donors (Lipinski definition) is 0. The van der Waals surface area contributed by atoms with Crippen LogP contribution in [0.3, 0.4) is 0 Å². The zero-order valence-electron chi connectivity index (χ0n) is 10.1. The fraction of sp³-hybridized carbons (Fsp3) is 0.250. The summed E-state index contributed by atoms with van der Waals surface area (Å²) in [6, 6.07) is 5.32. The molecule has 0 aliphatic rings. The van der Waals surface area contributed by atoms with Crippen molar-refractivity contribution in [3.8, 4) is 5.75 Å². The molecule has 94 valence electrons. The Bertz CT molecular complexity index is 580. The zero-order chi connectivity index (χ0) is 13.1. The minimum absolute atomic E-state index is 0.0418. The molecular formula is C12H12BrN3O2. The number of nitrogens with zero attached hydrogens (tertiary/aromatic N) is 3. The number of ketones is 1. The van der Waals surface area contributed by atoms with Crippen LogP contribution in [-0.4, -0.2) is 27.9 Å². The second-order valence-corrected chi connectivity index (χ2v) is 4.74. The SMILES string of the molecule is COc1cc(Br)ccc1C(=O)Cc1cn(C)nn1. The molecule has 0 bridgehead atoms. The Morgan fingerprint density at radius 1 is 1.50 bits per heavy atom. The summed E-state index contributed by atoms with van der Waals surface area (Å²) in [5, 5.41) is 7.69. The monoisotopic (exact) mass is 309 g/mol. The summed E-state index contributed by atoms with van der Waals surface area (Å²) in [5.41, 5.74) is 1.19. The molecule has 0 N–H and O–H groups in total. The number of Topliss-reactive ketones (excluding diaryl/α,β-unsaturated/α-hetero) is 1. The van der Waals surface area contributed by atoms with Gasteiger partial charge in [0, 0.05) is 17.7 Å². The van der Waals surface area contributed by atoms with E-state index in [-0.39, 0.29) is 12.2 Å². The van der Waals surface area contributed by atoms with Gasteiger partial charge in [0.1, 0.15) is 5.75 Å². The van der Waals surface area contributed by atoms with E-state index in [0.29, 0.717) is 17.0 Å². The largest absolute Gasteiger partial charge is 0.496 e.